The van der Waals surface area contributed by atoms with Crippen LogP contribution in [0.4, 0.5) is 0 Å². The molecule has 0 heterocycles. The molecule has 1 unspecified atom stereocenters. The Bertz CT molecular complexity index is 335. The van der Waals surface area contributed by atoms with Crippen LogP contribution in [-0.4, -0.2) is 0 Å². The second-order valence-corrected chi connectivity index (χ2v) is 4.58. The van der Waals surface area contributed by atoms with Crippen molar-refractivity contribution in [3.05, 3.63) is 34.3 Å². The van der Waals surface area contributed by atoms with E-state index in [4.69, 9.17) is 17.4 Å². The molecule has 0 saturated heterocycles. The maximum Gasteiger partial charge on any atom is 0.0502 e. The van der Waals surface area contributed by atoms with Gasteiger partial charge in [-0.25, -0.2) is 0 Å². The van der Waals surface area contributed by atoms with E-state index in [0.717, 1.165) is 29.0 Å². The van der Waals surface area contributed by atoms with Gasteiger partial charge in [0.15, 0.2) is 0 Å². The van der Waals surface area contributed by atoms with Gasteiger partial charge in [0.25, 0.3) is 0 Å². The van der Waals surface area contributed by atoms with E-state index < -0.39 is 0 Å². The van der Waals surface area contributed by atoms with E-state index in [1.54, 1.807) is 0 Å². The van der Waals surface area contributed by atoms with Crippen molar-refractivity contribution < 1.29 is 0 Å². The van der Waals surface area contributed by atoms with E-state index in [1.807, 2.05) is 19.1 Å². The molecule has 90 valence electrons. The summed E-state index contributed by atoms with van der Waals surface area (Å²) in [6.45, 7) is 6.39. The van der Waals surface area contributed by atoms with Crippen molar-refractivity contribution in [2.45, 2.75) is 39.7 Å². The average molecular weight is 241 g/mol. The topological polar surface area (TPSA) is 38.0 Å². The van der Waals surface area contributed by atoms with E-state index in [2.05, 4.69) is 25.3 Å². The van der Waals surface area contributed by atoms with Gasteiger partial charge in [-0.2, -0.15) is 0 Å². The molecule has 0 aromatic heterocycles. The van der Waals surface area contributed by atoms with Crippen LogP contribution < -0.4 is 11.3 Å². The van der Waals surface area contributed by atoms with Gasteiger partial charge in [-0.05, 0) is 24.0 Å². The van der Waals surface area contributed by atoms with Crippen LogP contribution in [0.5, 0.6) is 0 Å². The maximum atomic E-state index is 6.33. The fourth-order valence-corrected chi connectivity index (χ4v) is 2.39. The van der Waals surface area contributed by atoms with Crippen molar-refractivity contribution in [2.24, 2.45) is 11.8 Å². The molecule has 0 aliphatic heterocycles. The maximum absolute atomic E-state index is 6.33. The molecule has 0 bridgehead atoms. The number of hydrogen-bond donors (Lipinski definition) is 2. The van der Waals surface area contributed by atoms with Crippen molar-refractivity contribution in [3.63, 3.8) is 0 Å². The summed E-state index contributed by atoms with van der Waals surface area (Å²) in [4.78, 5) is 0. The molecule has 1 rings (SSSR count). The van der Waals surface area contributed by atoms with Crippen LogP contribution in [0.1, 0.15) is 43.9 Å². The average Bonchev–Trinajstić information content (AvgIpc) is 2.30. The van der Waals surface area contributed by atoms with E-state index in [0.29, 0.717) is 5.92 Å². The minimum absolute atomic E-state index is 0.141. The van der Waals surface area contributed by atoms with Crippen LogP contribution in [-0.2, 0) is 0 Å². The minimum Gasteiger partial charge on any atom is -0.271 e. The molecular formula is C13H21ClN2. The van der Waals surface area contributed by atoms with E-state index >= 15 is 0 Å². The van der Waals surface area contributed by atoms with Crippen LogP contribution in [0.2, 0.25) is 5.02 Å². The molecule has 1 aromatic carbocycles. The van der Waals surface area contributed by atoms with Gasteiger partial charge in [-0.15, -0.1) is 0 Å². The van der Waals surface area contributed by atoms with Gasteiger partial charge in [0, 0.05) is 5.02 Å². The first kappa shape index (κ1) is 13.5. The van der Waals surface area contributed by atoms with Crippen molar-refractivity contribution in [1.82, 2.24) is 5.43 Å². The lowest BCUT2D eigenvalue weighted by Gasteiger charge is -2.26. The quantitative estimate of drug-likeness (QED) is 0.610. The SMILES string of the molecule is CCC(CC)C(NN)c1cccc(C)c1Cl. The van der Waals surface area contributed by atoms with E-state index in [1.165, 1.54) is 0 Å². The first-order chi connectivity index (χ1) is 7.65. The summed E-state index contributed by atoms with van der Waals surface area (Å²) in [5.74, 6) is 6.19. The highest BCUT2D eigenvalue weighted by molar-refractivity contribution is 6.32. The Hall–Kier alpha value is -0.570. The third kappa shape index (κ3) is 2.76. The fourth-order valence-electron chi connectivity index (χ4n) is 2.15. The lowest BCUT2D eigenvalue weighted by Crippen LogP contribution is -2.33. The van der Waals surface area contributed by atoms with Gasteiger partial charge in [0.1, 0.15) is 0 Å². The molecule has 0 radical (unpaired) electrons. The van der Waals surface area contributed by atoms with Crippen molar-refractivity contribution in [3.8, 4) is 0 Å². The van der Waals surface area contributed by atoms with Crippen LogP contribution in [0, 0.1) is 12.8 Å². The number of aryl methyl sites for hydroxylation is 1. The second kappa shape index (κ2) is 6.24. The zero-order valence-electron chi connectivity index (χ0n) is 10.3. The summed E-state index contributed by atoms with van der Waals surface area (Å²) < 4.78 is 0. The number of hydrogen-bond acceptors (Lipinski definition) is 2. The van der Waals surface area contributed by atoms with Crippen LogP contribution >= 0.6 is 11.6 Å². The molecule has 3 N–H and O–H groups in total. The molecular weight excluding hydrogens is 220 g/mol. The van der Waals surface area contributed by atoms with Gasteiger partial charge < -0.3 is 0 Å². The van der Waals surface area contributed by atoms with E-state index in [9.17, 15) is 0 Å². The number of hydrazine groups is 1. The first-order valence-electron chi connectivity index (χ1n) is 5.86. The molecule has 16 heavy (non-hydrogen) atoms. The van der Waals surface area contributed by atoms with Gasteiger partial charge in [-0.3, -0.25) is 11.3 Å². The number of benzene rings is 1. The Kier molecular flexibility index (Phi) is 5.26. The molecule has 1 aromatic rings. The smallest absolute Gasteiger partial charge is 0.0502 e. The number of nitrogens with one attached hydrogen (secondary N) is 1. The fraction of sp³-hybridized carbons (Fsp3) is 0.538. The predicted molar refractivity (Wildman–Crippen MR) is 70.3 cm³/mol. The van der Waals surface area contributed by atoms with Crippen LogP contribution in [0.25, 0.3) is 0 Å². The molecule has 2 nitrogen and oxygen atoms in total. The largest absolute Gasteiger partial charge is 0.271 e. The normalized spacial score (nSPS) is 13.1. The Morgan fingerprint density at radius 3 is 2.44 bits per heavy atom. The lowest BCUT2D eigenvalue weighted by atomic mass is 9.88. The molecule has 0 fully saturated rings. The van der Waals surface area contributed by atoms with Gasteiger partial charge in [0.2, 0.25) is 0 Å². The van der Waals surface area contributed by atoms with E-state index in [-0.39, 0.29) is 6.04 Å². The monoisotopic (exact) mass is 240 g/mol. The van der Waals surface area contributed by atoms with Crippen LogP contribution in [0.3, 0.4) is 0 Å². The van der Waals surface area contributed by atoms with Gasteiger partial charge in [-0.1, -0.05) is 56.5 Å². The highest BCUT2D eigenvalue weighted by Gasteiger charge is 2.21. The molecule has 0 aliphatic rings. The third-order valence-corrected chi connectivity index (χ3v) is 3.77. The van der Waals surface area contributed by atoms with Crippen molar-refractivity contribution in [2.75, 3.05) is 0 Å². The number of rotatable bonds is 5. The summed E-state index contributed by atoms with van der Waals surface area (Å²) in [7, 11) is 0. The zero-order valence-corrected chi connectivity index (χ0v) is 11.0. The Morgan fingerprint density at radius 1 is 1.31 bits per heavy atom. The zero-order chi connectivity index (χ0) is 12.1. The molecule has 3 heteroatoms. The third-order valence-electron chi connectivity index (χ3n) is 3.26. The molecule has 0 amide bonds. The predicted octanol–water partition coefficient (Wildman–Crippen LogP) is 3.59. The van der Waals surface area contributed by atoms with Crippen LogP contribution in [0.15, 0.2) is 18.2 Å². The summed E-state index contributed by atoms with van der Waals surface area (Å²) in [6, 6.07) is 6.25. The standard InChI is InChI=1S/C13H21ClN2/c1-4-10(5-2)13(16-15)11-8-6-7-9(3)12(11)14/h6-8,10,13,16H,4-5,15H2,1-3H3. The number of nitrogens with two attached hydrogens (primary N) is 1. The summed E-state index contributed by atoms with van der Waals surface area (Å²) in [5.41, 5.74) is 5.12. The minimum atomic E-state index is 0.141. The molecule has 0 spiro atoms. The molecule has 0 saturated carbocycles. The Balaban J connectivity index is 3.07. The summed E-state index contributed by atoms with van der Waals surface area (Å²) >= 11 is 6.33. The van der Waals surface area contributed by atoms with Crippen molar-refractivity contribution >= 4 is 11.6 Å². The van der Waals surface area contributed by atoms with Crippen molar-refractivity contribution in [1.29, 1.82) is 0 Å². The summed E-state index contributed by atoms with van der Waals surface area (Å²) in [6.07, 6.45) is 2.19. The second-order valence-electron chi connectivity index (χ2n) is 4.20. The highest BCUT2D eigenvalue weighted by Crippen LogP contribution is 2.32. The molecule has 0 aliphatic carbocycles. The summed E-state index contributed by atoms with van der Waals surface area (Å²) in [5, 5.41) is 0.831. The van der Waals surface area contributed by atoms with Gasteiger partial charge >= 0.3 is 0 Å². The number of halogens is 1. The Morgan fingerprint density at radius 2 is 1.94 bits per heavy atom. The molecule has 1 atom stereocenters. The first-order valence-corrected chi connectivity index (χ1v) is 6.24. The Labute approximate surface area is 103 Å². The van der Waals surface area contributed by atoms with Gasteiger partial charge in [0.05, 0.1) is 6.04 Å². The lowest BCUT2D eigenvalue weighted by molar-refractivity contribution is 0.345. The highest BCUT2D eigenvalue weighted by atomic mass is 35.5.